The average molecular weight is 586 g/mol. The molecule has 5 rings (SSSR count). The number of piperazine rings is 1. The Morgan fingerprint density at radius 2 is 1.81 bits per heavy atom. The van der Waals surface area contributed by atoms with Crippen molar-refractivity contribution in [2.45, 2.75) is 6.92 Å². The van der Waals surface area contributed by atoms with Gasteiger partial charge in [0.25, 0.3) is 0 Å². The summed E-state index contributed by atoms with van der Waals surface area (Å²) in [5.74, 6) is 1.34. The van der Waals surface area contributed by atoms with Crippen LogP contribution in [-0.4, -0.2) is 71.4 Å². The van der Waals surface area contributed by atoms with E-state index in [1.165, 1.54) is 6.08 Å². The van der Waals surface area contributed by atoms with Gasteiger partial charge in [-0.3, -0.25) is 14.5 Å². The van der Waals surface area contributed by atoms with Crippen LogP contribution >= 0.6 is 11.6 Å². The molecule has 0 radical (unpaired) electrons. The summed E-state index contributed by atoms with van der Waals surface area (Å²) in [5, 5.41) is 12.0. The Morgan fingerprint density at radius 1 is 1.00 bits per heavy atom. The third kappa shape index (κ3) is 7.34. The number of carbonyl (C=O) groups is 2. The lowest BCUT2D eigenvalue weighted by Crippen LogP contribution is -2.47. The van der Waals surface area contributed by atoms with Gasteiger partial charge in [-0.2, -0.15) is 4.98 Å². The Labute approximate surface area is 249 Å². The van der Waals surface area contributed by atoms with Crippen LogP contribution in [0.4, 0.5) is 28.8 Å². The number of aromatic nitrogens is 2. The zero-order valence-electron chi connectivity index (χ0n) is 23.4. The standard InChI is InChI=1S/C31H32ClN7O3/c1-21(40)39-16-14-38(15-17-39)13-5-8-30(41)35-23-9-10-28(42-2)27(20-23)36-31-33-12-11-29(37-31)34-24-18-22-6-3-4-7-25(22)26(32)19-24/h3-12,18-20H,13-17H2,1-2H3,(H,35,41)(H2,33,34,36,37)/b8-5+. The molecule has 216 valence electrons. The molecule has 3 N–H and O–H groups in total. The Kier molecular flexibility index (Phi) is 9.15. The lowest BCUT2D eigenvalue weighted by atomic mass is 10.1. The Balaban J connectivity index is 1.22. The highest BCUT2D eigenvalue weighted by Crippen LogP contribution is 2.31. The number of nitrogens with one attached hydrogen (secondary N) is 3. The van der Waals surface area contributed by atoms with Gasteiger partial charge in [-0.1, -0.05) is 41.9 Å². The van der Waals surface area contributed by atoms with Crippen molar-refractivity contribution >= 4 is 63.0 Å². The molecule has 11 heteroatoms. The third-order valence-corrected chi connectivity index (χ3v) is 7.22. The number of hydrogen-bond donors (Lipinski definition) is 3. The minimum Gasteiger partial charge on any atom is -0.495 e. The SMILES string of the molecule is COc1ccc(NC(=O)/C=C/CN2CCN(C(C)=O)CC2)cc1Nc1nccc(Nc2cc(Cl)c3ccccc3c2)n1. The molecule has 0 unspecified atom stereocenters. The molecule has 0 aliphatic carbocycles. The third-order valence-electron chi connectivity index (χ3n) is 6.90. The molecule has 10 nitrogen and oxygen atoms in total. The van der Waals surface area contributed by atoms with E-state index in [2.05, 4.69) is 30.8 Å². The summed E-state index contributed by atoms with van der Waals surface area (Å²) in [6, 6.07) is 18.8. The van der Waals surface area contributed by atoms with E-state index >= 15 is 0 Å². The van der Waals surface area contributed by atoms with Crippen molar-refractivity contribution in [3.63, 3.8) is 0 Å². The molecule has 1 aliphatic rings. The molecule has 0 spiro atoms. The quantitative estimate of drug-likeness (QED) is 0.223. The highest BCUT2D eigenvalue weighted by Gasteiger charge is 2.17. The van der Waals surface area contributed by atoms with Crippen LogP contribution in [0.2, 0.25) is 5.02 Å². The van der Waals surface area contributed by atoms with Gasteiger partial charge >= 0.3 is 0 Å². The van der Waals surface area contributed by atoms with Crippen molar-refractivity contribution in [2.75, 3.05) is 55.8 Å². The summed E-state index contributed by atoms with van der Waals surface area (Å²) in [4.78, 5) is 37.0. The highest BCUT2D eigenvalue weighted by molar-refractivity contribution is 6.35. The van der Waals surface area contributed by atoms with Crippen molar-refractivity contribution < 1.29 is 14.3 Å². The molecule has 1 aliphatic heterocycles. The minimum absolute atomic E-state index is 0.0974. The summed E-state index contributed by atoms with van der Waals surface area (Å²) in [6.07, 6.45) is 4.99. The zero-order valence-corrected chi connectivity index (χ0v) is 24.2. The second-order valence-corrected chi connectivity index (χ2v) is 10.2. The van der Waals surface area contributed by atoms with Crippen LogP contribution in [0.3, 0.4) is 0 Å². The van der Waals surface area contributed by atoms with Crippen LogP contribution in [-0.2, 0) is 9.59 Å². The average Bonchev–Trinajstić information content (AvgIpc) is 2.98. The predicted molar refractivity (Wildman–Crippen MR) is 167 cm³/mol. The summed E-state index contributed by atoms with van der Waals surface area (Å²) < 4.78 is 5.51. The summed E-state index contributed by atoms with van der Waals surface area (Å²) >= 11 is 6.48. The van der Waals surface area contributed by atoms with E-state index in [0.29, 0.717) is 53.5 Å². The molecule has 1 aromatic heterocycles. The van der Waals surface area contributed by atoms with E-state index in [9.17, 15) is 9.59 Å². The number of benzene rings is 3. The van der Waals surface area contributed by atoms with Crippen molar-refractivity contribution in [1.82, 2.24) is 19.8 Å². The Bertz CT molecular complexity index is 1620. The van der Waals surface area contributed by atoms with E-state index < -0.39 is 0 Å². The van der Waals surface area contributed by atoms with E-state index in [1.807, 2.05) is 47.4 Å². The number of halogens is 1. The van der Waals surface area contributed by atoms with Crippen LogP contribution in [0.5, 0.6) is 5.75 Å². The fourth-order valence-corrected chi connectivity index (χ4v) is 5.00. The Hall–Kier alpha value is -4.67. The number of methoxy groups -OCH3 is 1. The molecule has 1 fully saturated rings. The van der Waals surface area contributed by atoms with Gasteiger partial charge in [0.05, 0.1) is 17.8 Å². The van der Waals surface area contributed by atoms with E-state index in [-0.39, 0.29) is 11.8 Å². The van der Waals surface area contributed by atoms with Crippen molar-refractivity contribution in [3.8, 4) is 5.75 Å². The van der Waals surface area contributed by atoms with Crippen LogP contribution in [0.15, 0.2) is 79.0 Å². The minimum atomic E-state index is -0.245. The monoisotopic (exact) mass is 585 g/mol. The number of hydrogen-bond acceptors (Lipinski definition) is 8. The number of amides is 2. The second kappa shape index (κ2) is 13.3. The summed E-state index contributed by atoms with van der Waals surface area (Å²) in [7, 11) is 1.57. The first-order valence-corrected chi connectivity index (χ1v) is 13.9. The van der Waals surface area contributed by atoms with Crippen LogP contribution < -0.4 is 20.7 Å². The maximum Gasteiger partial charge on any atom is 0.248 e. The zero-order chi connectivity index (χ0) is 29.5. The largest absolute Gasteiger partial charge is 0.495 e. The highest BCUT2D eigenvalue weighted by atomic mass is 35.5. The Morgan fingerprint density at radius 3 is 2.60 bits per heavy atom. The number of rotatable bonds is 9. The van der Waals surface area contributed by atoms with Gasteiger partial charge in [-0.25, -0.2) is 4.98 Å². The fraction of sp³-hybridized carbons (Fsp3) is 0.226. The number of anilines is 5. The van der Waals surface area contributed by atoms with E-state index in [1.54, 1.807) is 44.5 Å². The van der Waals surface area contributed by atoms with E-state index in [4.69, 9.17) is 16.3 Å². The maximum absolute atomic E-state index is 12.6. The first-order valence-electron chi connectivity index (χ1n) is 13.6. The second-order valence-electron chi connectivity index (χ2n) is 9.81. The molecular weight excluding hydrogens is 554 g/mol. The lowest BCUT2D eigenvalue weighted by Gasteiger charge is -2.33. The summed E-state index contributed by atoms with van der Waals surface area (Å²) in [5.41, 5.74) is 1.98. The van der Waals surface area contributed by atoms with Gasteiger partial charge in [0.15, 0.2) is 0 Å². The number of nitrogens with zero attached hydrogens (tertiary/aromatic N) is 4. The number of carbonyl (C=O) groups excluding carboxylic acids is 2. The predicted octanol–water partition coefficient (Wildman–Crippen LogP) is 5.44. The molecule has 42 heavy (non-hydrogen) atoms. The molecule has 1 saturated heterocycles. The van der Waals surface area contributed by atoms with Crippen molar-refractivity contribution in [3.05, 3.63) is 84.0 Å². The van der Waals surface area contributed by atoms with Gasteiger partial charge < -0.3 is 25.6 Å². The van der Waals surface area contributed by atoms with Gasteiger partial charge in [0, 0.05) is 68.7 Å². The topological polar surface area (TPSA) is 112 Å². The molecule has 0 bridgehead atoms. The lowest BCUT2D eigenvalue weighted by molar-refractivity contribution is -0.130. The number of fused-ring (bicyclic) bond motifs is 1. The van der Waals surface area contributed by atoms with Crippen LogP contribution in [0, 0.1) is 0 Å². The normalized spacial score (nSPS) is 13.7. The molecular formula is C31H32ClN7O3. The van der Waals surface area contributed by atoms with Gasteiger partial charge in [0.1, 0.15) is 11.6 Å². The molecule has 2 heterocycles. The van der Waals surface area contributed by atoms with Crippen LogP contribution in [0.25, 0.3) is 10.8 Å². The fourth-order valence-electron chi connectivity index (χ4n) is 4.71. The molecule has 0 saturated carbocycles. The van der Waals surface area contributed by atoms with Crippen molar-refractivity contribution in [2.24, 2.45) is 0 Å². The van der Waals surface area contributed by atoms with Gasteiger partial charge in [-0.05, 0) is 41.8 Å². The van der Waals surface area contributed by atoms with Crippen LogP contribution in [0.1, 0.15) is 6.92 Å². The smallest absolute Gasteiger partial charge is 0.248 e. The molecule has 0 atom stereocenters. The first-order chi connectivity index (χ1) is 20.4. The van der Waals surface area contributed by atoms with Gasteiger partial charge in [-0.15, -0.1) is 0 Å². The molecule has 2 amide bonds. The molecule has 4 aromatic rings. The number of ether oxygens (including phenoxy) is 1. The van der Waals surface area contributed by atoms with Gasteiger partial charge in [0.2, 0.25) is 17.8 Å². The summed E-state index contributed by atoms with van der Waals surface area (Å²) in [6.45, 7) is 5.21. The molecule has 3 aromatic carbocycles. The van der Waals surface area contributed by atoms with Crippen molar-refractivity contribution in [1.29, 1.82) is 0 Å². The maximum atomic E-state index is 12.6. The first kappa shape index (κ1) is 28.8. The van der Waals surface area contributed by atoms with E-state index in [0.717, 1.165) is 29.5 Å².